The Bertz CT molecular complexity index is 410. The number of hydrogen-bond donors (Lipinski definition) is 2. The van der Waals surface area contributed by atoms with Crippen molar-refractivity contribution in [2.45, 2.75) is 51.2 Å². The Morgan fingerprint density at radius 2 is 2.06 bits per heavy atom. The van der Waals surface area contributed by atoms with Crippen LogP contribution in [0.3, 0.4) is 0 Å². The molecule has 18 heavy (non-hydrogen) atoms. The first kappa shape index (κ1) is 13.4. The maximum atomic E-state index is 10.2. The smallest absolute Gasteiger partial charge is 0.123 e. The number of aliphatic hydroxyl groups is 2. The summed E-state index contributed by atoms with van der Waals surface area (Å²) in [4.78, 5) is 0. The molecule has 0 bridgehead atoms. The van der Waals surface area contributed by atoms with E-state index in [1.165, 1.54) is 0 Å². The summed E-state index contributed by atoms with van der Waals surface area (Å²) < 4.78 is 5.78. The Morgan fingerprint density at radius 1 is 1.33 bits per heavy atom. The van der Waals surface area contributed by atoms with E-state index in [1.54, 1.807) is 0 Å². The molecule has 0 saturated heterocycles. The molecule has 1 aromatic carbocycles. The van der Waals surface area contributed by atoms with Crippen molar-refractivity contribution >= 4 is 0 Å². The molecule has 0 fully saturated rings. The molecule has 1 aliphatic rings. The minimum atomic E-state index is -0.750. The second kappa shape index (κ2) is 5.29. The average Bonchev–Trinajstić information content (AvgIpc) is 2.78. The van der Waals surface area contributed by atoms with Crippen LogP contribution in [0.1, 0.15) is 50.3 Å². The van der Waals surface area contributed by atoms with Gasteiger partial charge in [0.1, 0.15) is 12.4 Å². The molecule has 0 saturated carbocycles. The van der Waals surface area contributed by atoms with Gasteiger partial charge in [-0.1, -0.05) is 26.0 Å². The zero-order chi connectivity index (χ0) is 13.2. The van der Waals surface area contributed by atoms with Crippen molar-refractivity contribution in [1.82, 2.24) is 0 Å². The molecule has 0 amide bonds. The molecule has 1 aliphatic carbocycles. The molecule has 0 radical (unpaired) electrons. The van der Waals surface area contributed by atoms with Gasteiger partial charge in [-0.2, -0.15) is 0 Å². The molecule has 2 N–H and O–H groups in total. The number of fused-ring (bicyclic) bond motifs is 1. The van der Waals surface area contributed by atoms with Crippen molar-refractivity contribution in [2.24, 2.45) is 0 Å². The predicted octanol–water partition coefficient (Wildman–Crippen LogP) is 2.60. The van der Waals surface area contributed by atoms with Crippen LogP contribution in [-0.2, 0) is 6.42 Å². The Hall–Kier alpha value is -1.06. The van der Waals surface area contributed by atoms with Crippen LogP contribution >= 0.6 is 0 Å². The van der Waals surface area contributed by atoms with E-state index < -0.39 is 5.60 Å². The highest BCUT2D eigenvalue weighted by Crippen LogP contribution is 2.37. The number of aliphatic hydroxyl groups excluding tert-OH is 1. The summed E-state index contributed by atoms with van der Waals surface area (Å²) in [7, 11) is 0. The van der Waals surface area contributed by atoms with Crippen molar-refractivity contribution in [2.75, 3.05) is 6.61 Å². The summed E-state index contributed by atoms with van der Waals surface area (Å²) in [6, 6.07) is 5.77. The van der Waals surface area contributed by atoms with Gasteiger partial charge in [0, 0.05) is 5.56 Å². The first-order valence-corrected chi connectivity index (χ1v) is 6.74. The van der Waals surface area contributed by atoms with Crippen molar-refractivity contribution in [3.8, 4) is 5.75 Å². The fraction of sp³-hybridized carbons (Fsp3) is 0.600. The Kier molecular flexibility index (Phi) is 3.93. The van der Waals surface area contributed by atoms with E-state index in [2.05, 4.69) is 0 Å². The molecule has 100 valence electrons. The molecule has 3 heteroatoms. The lowest BCUT2D eigenvalue weighted by Gasteiger charge is -2.25. The Balaban J connectivity index is 2.12. The highest BCUT2D eigenvalue weighted by Gasteiger charge is 2.26. The van der Waals surface area contributed by atoms with E-state index in [-0.39, 0.29) is 6.10 Å². The molecule has 1 aromatic rings. The minimum Gasteiger partial charge on any atom is -0.490 e. The SMILES string of the molecule is CCC(O)(CC)COc1cccc2c1CCC2O. The molecular formula is C15H22O3. The molecule has 1 atom stereocenters. The first-order chi connectivity index (χ1) is 8.59. The van der Waals surface area contributed by atoms with Gasteiger partial charge in [0.05, 0.1) is 11.7 Å². The summed E-state index contributed by atoms with van der Waals surface area (Å²) in [5.74, 6) is 0.810. The van der Waals surface area contributed by atoms with E-state index in [9.17, 15) is 10.2 Å². The van der Waals surface area contributed by atoms with E-state index in [4.69, 9.17) is 4.74 Å². The maximum absolute atomic E-state index is 10.2. The van der Waals surface area contributed by atoms with Crippen molar-refractivity contribution < 1.29 is 14.9 Å². The van der Waals surface area contributed by atoms with Gasteiger partial charge in [0.15, 0.2) is 0 Å². The van der Waals surface area contributed by atoms with Gasteiger partial charge in [0.2, 0.25) is 0 Å². The van der Waals surface area contributed by atoms with Gasteiger partial charge < -0.3 is 14.9 Å². The second-order valence-electron chi connectivity index (χ2n) is 5.10. The third-order valence-corrected chi connectivity index (χ3v) is 4.01. The van der Waals surface area contributed by atoms with Crippen LogP contribution in [0.2, 0.25) is 0 Å². The standard InChI is InChI=1S/C15H22O3/c1-3-15(17,4-2)10-18-14-7-5-6-11-12(14)8-9-13(11)16/h5-7,13,16-17H,3-4,8-10H2,1-2H3. The van der Waals surface area contributed by atoms with Gasteiger partial charge in [-0.25, -0.2) is 0 Å². The molecule has 1 unspecified atom stereocenters. The summed E-state index contributed by atoms with van der Waals surface area (Å²) in [5, 5.41) is 20.0. The molecule has 3 nitrogen and oxygen atoms in total. The number of benzene rings is 1. The topological polar surface area (TPSA) is 49.7 Å². The number of rotatable bonds is 5. The Morgan fingerprint density at radius 3 is 2.72 bits per heavy atom. The highest BCUT2D eigenvalue weighted by molar-refractivity contribution is 5.44. The lowest BCUT2D eigenvalue weighted by molar-refractivity contribution is -0.0115. The van der Waals surface area contributed by atoms with E-state index >= 15 is 0 Å². The van der Waals surface area contributed by atoms with Crippen LogP contribution in [-0.4, -0.2) is 22.4 Å². The van der Waals surface area contributed by atoms with Gasteiger partial charge in [-0.3, -0.25) is 0 Å². The second-order valence-corrected chi connectivity index (χ2v) is 5.10. The fourth-order valence-corrected chi connectivity index (χ4v) is 2.40. The number of hydrogen-bond acceptors (Lipinski definition) is 3. The maximum Gasteiger partial charge on any atom is 0.123 e. The third kappa shape index (κ3) is 2.52. The first-order valence-electron chi connectivity index (χ1n) is 6.74. The normalized spacial score (nSPS) is 18.8. The molecule has 2 rings (SSSR count). The minimum absolute atomic E-state index is 0.312. The zero-order valence-electron chi connectivity index (χ0n) is 11.1. The predicted molar refractivity (Wildman–Crippen MR) is 70.7 cm³/mol. The van der Waals surface area contributed by atoms with Gasteiger partial charge in [-0.15, -0.1) is 0 Å². The Labute approximate surface area is 108 Å². The van der Waals surface area contributed by atoms with E-state index in [1.807, 2.05) is 32.0 Å². The van der Waals surface area contributed by atoms with Crippen molar-refractivity contribution in [3.05, 3.63) is 29.3 Å². The van der Waals surface area contributed by atoms with Crippen LogP contribution in [0.15, 0.2) is 18.2 Å². The number of ether oxygens (including phenoxy) is 1. The monoisotopic (exact) mass is 250 g/mol. The van der Waals surface area contributed by atoms with Crippen LogP contribution in [0.25, 0.3) is 0 Å². The fourth-order valence-electron chi connectivity index (χ4n) is 2.40. The zero-order valence-corrected chi connectivity index (χ0v) is 11.1. The van der Waals surface area contributed by atoms with Crippen LogP contribution in [0.5, 0.6) is 5.75 Å². The highest BCUT2D eigenvalue weighted by atomic mass is 16.5. The van der Waals surface area contributed by atoms with Gasteiger partial charge >= 0.3 is 0 Å². The summed E-state index contributed by atoms with van der Waals surface area (Å²) in [6.45, 7) is 4.24. The van der Waals surface area contributed by atoms with Crippen molar-refractivity contribution in [1.29, 1.82) is 0 Å². The van der Waals surface area contributed by atoms with Crippen molar-refractivity contribution in [3.63, 3.8) is 0 Å². The molecule has 0 heterocycles. The largest absolute Gasteiger partial charge is 0.490 e. The third-order valence-electron chi connectivity index (χ3n) is 4.01. The molecule has 0 spiro atoms. The molecule has 0 aliphatic heterocycles. The van der Waals surface area contributed by atoms with E-state index in [0.717, 1.165) is 29.7 Å². The summed E-state index contributed by atoms with van der Waals surface area (Å²) in [5.41, 5.74) is 1.32. The summed E-state index contributed by atoms with van der Waals surface area (Å²) >= 11 is 0. The van der Waals surface area contributed by atoms with Crippen LogP contribution in [0.4, 0.5) is 0 Å². The van der Waals surface area contributed by atoms with Crippen LogP contribution in [0, 0.1) is 0 Å². The summed E-state index contributed by atoms with van der Waals surface area (Å²) in [6.07, 6.45) is 2.62. The van der Waals surface area contributed by atoms with Gasteiger partial charge in [-0.05, 0) is 37.3 Å². The lowest BCUT2D eigenvalue weighted by atomic mass is 9.99. The quantitative estimate of drug-likeness (QED) is 0.844. The lowest BCUT2D eigenvalue weighted by Crippen LogP contribution is -2.34. The van der Waals surface area contributed by atoms with E-state index in [0.29, 0.717) is 19.4 Å². The average molecular weight is 250 g/mol. The molecule has 0 aromatic heterocycles. The van der Waals surface area contributed by atoms with Gasteiger partial charge in [0.25, 0.3) is 0 Å². The molecular weight excluding hydrogens is 228 g/mol. The van der Waals surface area contributed by atoms with Crippen LogP contribution < -0.4 is 4.74 Å².